The molecule has 0 fully saturated rings. The van der Waals surface area contributed by atoms with Gasteiger partial charge in [-0.3, -0.25) is 0 Å². The second-order valence-electron chi connectivity index (χ2n) is 4.30. The highest BCUT2D eigenvalue weighted by atomic mass is 32.2. The van der Waals surface area contributed by atoms with Crippen molar-refractivity contribution in [1.82, 2.24) is 4.90 Å². The van der Waals surface area contributed by atoms with E-state index in [0.29, 0.717) is 11.8 Å². The van der Waals surface area contributed by atoms with Gasteiger partial charge in [-0.15, -0.1) is 23.1 Å². The molecule has 118 valence electrons. The number of rotatable bonds is 3. The van der Waals surface area contributed by atoms with Crippen LogP contribution in [0.4, 0.5) is 26.3 Å². The third-order valence-corrected chi connectivity index (χ3v) is 4.84. The molecular formula is C11H9F6NOS2. The Morgan fingerprint density at radius 2 is 1.76 bits per heavy atom. The van der Waals surface area contributed by atoms with E-state index in [9.17, 15) is 31.4 Å². The summed E-state index contributed by atoms with van der Waals surface area (Å²) in [6.07, 6.45) is -10.9. The molecule has 2 nitrogen and oxygen atoms in total. The third kappa shape index (κ3) is 3.02. The standard InChI is InChI=1S/C11H9F6NOS2/c12-10(13,14)9(19,11(15,16)17)8-5-18(6-21-8)4-7-2-1-3-20-7/h1-3,5,19H,4,6H2. The summed E-state index contributed by atoms with van der Waals surface area (Å²) in [5.74, 6) is -0.0816. The number of nitrogens with zero attached hydrogens (tertiary/aromatic N) is 1. The molecule has 0 aliphatic carbocycles. The van der Waals surface area contributed by atoms with Gasteiger partial charge in [0, 0.05) is 11.1 Å². The molecule has 0 unspecified atom stereocenters. The summed E-state index contributed by atoms with van der Waals surface area (Å²) in [4.78, 5) is 0.948. The smallest absolute Gasteiger partial charge is 0.369 e. The van der Waals surface area contributed by atoms with Crippen molar-refractivity contribution in [1.29, 1.82) is 0 Å². The van der Waals surface area contributed by atoms with Crippen LogP contribution in [-0.2, 0) is 6.54 Å². The van der Waals surface area contributed by atoms with Crippen LogP contribution in [0.15, 0.2) is 28.6 Å². The Labute approximate surface area is 124 Å². The predicted octanol–water partition coefficient (Wildman–Crippen LogP) is 3.95. The van der Waals surface area contributed by atoms with Crippen LogP contribution >= 0.6 is 23.1 Å². The zero-order chi connectivity index (χ0) is 15.9. The van der Waals surface area contributed by atoms with Crippen molar-refractivity contribution in [3.05, 3.63) is 33.5 Å². The Kier molecular flexibility index (Phi) is 4.24. The molecule has 21 heavy (non-hydrogen) atoms. The van der Waals surface area contributed by atoms with Crippen molar-refractivity contribution in [2.24, 2.45) is 0 Å². The van der Waals surface area contributed by atoms with Crippen LogP contribution in [0.25, 0.3) is 0 Å². The van der Waals surface area contributed by atoms with Gasteiger partial charge >= 0.3 is 12.4 Å². The molecule has 10 heteroatoms. The van der Waals surface area contributed by atoms with Gasteiger partial charge in [0.25, 0.3) is 5.60 Å². The first-order valence-corrected chi connectivity index (χ1v) is 7.39. The highest BCUT2D eigenvalue weighted by molar-refractivity contribution is 8.03. The van der Waals surface area contributed by atoms with E-state index in [4.69, 9.17) is 0 Å². The Morgan fingerprint density at radius 3 is 2.24 bits per heavy atom. The molecule has 2 rings (SSSR count). The fourth-order valence-electron chi connectivity index (χ4n) is 1.72. The van der Waals surface area contributed by atoms with E-state index in [-0.39, 0.29) is 12.4 Å². The predicted molar refractivity (Wildman–Crippen MR) is 67.5 cm³/mol. The fourth-order valence-corrected chi connectivity index (χ4v) is 3.59. The van der Waals surface area contributed by atoms with Gasteiger partial charge < -0.3 is 10.0 Å². The van der Waals surface area contributed by atoms with E-state index in [1.54, 1.807) is 17.5 Å². The monoisotopic (exact) mass is 349 g/mol. The minimum absolute atomic E-state index is 0.0816. The maximum atomic E-state index is 12.7. The zero-order valence-corrected chi connectivity index (χ0v) is 11.8. The number of halogens is 6. The number of thiophene rings is 1. The fraction of sp³-hybridized carbons (Fsp3) is 0.455. The largest absolute Gasteiger partial charge is 0.431 e. The summed E-state index contributed by atoms with van der Waals surface area (Å²) in [7, 11) is 0. The Hall–Kier alpha value is -0.870. The topological polar surface area (TPSA) is 23.5 Å². The lowest BCUT2D eigenvalue weighted by Gasteiger charge is -2.32. The van der Waals surface area contributed by atoms with Crippen molar-refractivity contribution < 1.29 is 31.4 Å². The molecule has 0 bridgehead atoms. The molecule has 0 atom stereocenters. The van der Waals surface area contributed by atoms with Gasteiger partial charge in [-0.2, -0.15) is 26.3 Å². The number of thioether (sulfide) groups is 1. The average Bonchev–Trinajstić information content (AvgIpc) is 2.97. The summed E-state index contributed by atoms with van der Waals surface area (Å²) in [6.45, 7) is 0.194. The van der Waals surface area contributed by atoms with Crippen molar-refractivity contribution in [2.45, 2.75) is 24.5 Å². The summed E-state index contributed by atoms with van der Waals surface area (Å²) < 4.78 is 76.3. The van der Waals surface area contributed by atoms with Crippen LogP contribution in [0.2, 0.25) is 0 Å². The third-order valence-electron chi connectivity index (χ3n) is 2.80. The maximum absolute atomic E-state index is 12.7. The first kappa shape index (κ1) is 16.5. The summed E-state index contributed by atoms with van der Waals surface area (Å²) in [5.41, 5.74) is -4.82. The molecular weight excluding hydrogens is 340 g/mol. The quantitative estimate of drug-likeness (QED) is 0.836. The lowest BCUT2D eigenvalue weighted by molar-refractivity contribution is -0.349. The van der Waals surface area contributed by atoms with Gasteiger partial charge in [0.15, 0.2) is 0 Å². The van der Waals surface area contributed by atoms with E-state index >= 15 is 0 Å². The molecule has 1 aliphatic rings. The number of alkyl halides is 6. The molecule has 0 amide bonds. The highest BCUT2D eigenvalue weighted by Gasteiger charge is 2.73. The van der Waals surface area contributed by atoms with E-state index in [1.807, 2.05) is 0 Å². The summed E-state index contributed by atoms with van der Waals surface area (Å²) in [5, 5.41) is 11.0. The van der Waals surface area contributed by atoms with Crippen LogP contribution in [-0.4, -0.2) is 33.8 Å². The molecule has 1 aromatic rings. The minimum Gasteiger partial charge on any atom is -0.369 e. The Balaban J connectivity index is 2.27. The van der Waals surface area contributed by atoms with Crippen LogP contribution in [0.5, 0.6) is 0 Å². The van der Waals surface area contributed by atoms with Gasteiger partial charge in [-0.25, -0.2) is 0 Å². The molecule has 0 radical (unpaired) electrons. The normalized spacial score (nSPS) is 17.3. The second kappa shape index (κ2) is 5.40. The number of hydrogen-bond acceptors (Lipinski definition) is 4. The van der Waals surface area contributed by atoms with Crippen LogP contribution in [0.1, 0.15) is 4.88 Å². The van der Waals surface area contributed by atoms with Gasteiger partial charge in [-0.05, 0) is 11.4 Å². The average molecular weight is 349 g/mol. The molecule has 0 saturated carbocycles. The molecule has 0 saturated heterocycles. The van der Waals surface area contributed by atoms with Gasteiger partial charge in [0.1, 0.15) is 0 Å². The summed E-state index contributed by atoms with van der Waals surface area (Å²) >= 11 is 1.68. The Bertz CT molecular complexity index is 508. The van der Waals surface area contributed by atoms with Crippen LogP contribution in [0, 0.1) is 0 Å². The first-order chi connectivity index (χ1) is 9.55. The lowest BCUT2D eigenvalue weighted by Crippen LogP contribution is -2.57. The molecule has 1 aromatic heterocycles. The van der Waals surface area contributed by atoms with Crippen molar-refractivity contribution in [3.63, 3.8) is 0 Å². The van der Waals surface area contributed by atoms with Crippen molar-refractivity contribution in [3.8, 4) is 0 Å². The molecule has 0 aromatic carbocycles. The zero-order valence-electron chi connectivity index (χ0n) is 10.2. The molecule has 1 aliphatic heterocycles. The Morgan fingerprint density at radius 1 is 1.14 bits per heavy atom. The maximum Gasteiger partial charge on any atom is 0.431 e. The second-order valence-corrected chi connectivity index (χ2v) is 6.32. The lowest BCUT2D eigenvalue weighted by atomic mass is 10.0. The van der Waals surface area contributed by atoms with E-state index in [2.05, 4.69) is 0 Å². The van der Waals surface area contributed by atoms with E-state index in [1.165, 1.54) is 16.2 Å². The number of hydrogen-bond donors (Lipinski definition) is 1. The highest BCUT2D eigenvalue weighted by Crippen LogP contribution is 2.52. The molecule has 2 heterocycles. The minimum atomic E-state index is -5.83. The summed E-state index contributed by atoms with van der Waals surface area (Å²) in [6, 6.07) is 3.45. The van der Waals surface area contributed by atoms with Gasteiger partial charge in [-0.1, -0.05) is 6.07 Å². The molecule has 1 N–H and O–H groups in total. The molecule has 0 spiro atoms. The van der Waals surface area contributed by atoms with E-state index < -0.39 is 22.9 Å². The van der Waals surface area contributed by atoms with Gasteiger partial charge in [0.05, 0.1) is 17.3 Å². The first-order valence-electron chi connectivity index (χ1n) is 5.53. The van der Waals surface area contributed by atoms with E-state index in [0.717, 1.165) is 11.1 Å². The van der Waals surface area contributed by atoms with Crippen molar-refractivity contribution in [2.75, 3.05) is 5.88 Å². The van der Waals surface area contributed by atoms with Crippen LogP contribution < -0.4 is 0 Å². The van der Waals surface area contributed by atoms with Crippen molar-refractivity contribution >= 4 is 23.1 Å². The van der Waals surface area contributed by atoms with Gasteiger partial charge in [0.2, 0.25) is 0 Å². The SMILES string of the molecule is OC(C1=CN(Cc2cccs2)CS1)(C(F)(F)F)C(F)(F)F. The van der Waals surface area contributed by atoms with Crippen LogP contribution in [0.3, 0.4) is 0 Å². The number of aliphatic hydroxyl groups is 1.